The molecule has 0 aromatic carbocycles. The van der Waals surface area contributed by atoms with E-state index in [-0.39, 0.29) is 12.4 Å². The van der Waals surface area contributed by atoms with Crippen molar-refractivity contribution in [3.8, 4) is 0 Å². The average molecular weight is 586 g/mol. The van der Waals surface area contributed by atoms with Crippen LogP contribution in [-0.4, -0.2) is 63.5 Å². The number of hydrogen-bond donors (Lipinski definition) is 1. The van der Waals surface area contributed by atoms with Crippen molar-refractivity contribution in [3.05, 3.63) is 18.2 Å². The zero-order valence-corrected chi connectivity index (χ0v) is 15.5. The maximum absolute atomic E-state index is 13.6. The highest BCUT2D eigenvalue weighted by atomic mass is 19.4. The van der Waals surface area contributed by atoms with Crippen LogP contribution in [0, 0.1) is 0 Å². The third-order valence-electron chi connectivity index (χ3n) is 4.31. The normalized spacial score (nSPS) is 16.5. The van der Waals surface area contributed by atoms with Gasteiger partial charge in [0.1, 0.15) is 0 Å². The highest BCUT2D eigenvalue weighted by Gasteiger charge is 2.98. The van der Waals surface area contributed by atoms with Crippen LogP contribution in [0.5, 0.6) is 0 Å². The summed E-state index contributed by atoms with van der Waals surface area (Å²) in [5, 5.41) is 0. The summed E-state index contributed by atoms with van der Waals surface area (Å²) in [6.07, 6.45) is -7.88. The van der Waals surface area contributed by atoms with Gasteiger partial charge in [-0.1, -0.05) is 0 Å². The van der Waals surface area contributed by atoms with Crippen molar-refractivity contribution in [2.24, 2.45) is 0 Å². The third kappa shape index (κ3) is 3.56. The van der Waals surface area contributed by atoms with Gasteiger partial charge in [0.25, 0.3) is 0 Å². The Morgan fingerprint density at radius 1 is 0.417 bits per heavy atom. The third-order valence-corrected chi connectivity index (χ3v) is 4.31. The van der Waals surface area contributed by atoms with Crippen LogP contribution in [0.15, 0.2) is 12.4 Å². The standard InChI is InChI=1S/C13H3F21N2/c14-4(15,3-35-1-2-36-3)5(16,17)6(18,19)7(20,21)8(22,23)9(24,25)10(26,27)11(28,29)12(30,31)13(32,33)34/h1-2H,(H,35,36). The second-order valence-corrected chi connectivity index (χ2v) is 6.61. The van der Waals surface area contributed by atoms with E-state index in [4.69, 9.17) is 0 Å². The van der Waals surface area contributed by atoms with Gasteiger partial charge < -0.3 is 4.98 Å². The number of halogens is 21. The molecule has 0 atom stereocenters. The molecule has 0 aliphatic heterocycles. The summed E-state index contributed by atoms with van der Waals surface area (Å²) in [5.74, 6) is -80.0. The van der Waals surface area contributed by atoms with E-state index in [1.165, 1.54) is 0 Å². The van der Waals surface area contributed by atoms with Gasteiger partial charge in [-0.2, -0.15) is 92.2 Å². The molecule has 36 heavy (non-hydrogen) atoms. The summed E-state index contributed by atoms with van der Waals surface area (Å²) in [4.78, 5) is 3.06. The van der Waals surface area contributed by atoms with E-state index in [1.54, 1.807) is 0 Å². The Morgan fingerprint density at radius 2 is 0.694 bits per heavy atom. The number of imidazole rings is 1. The lowest BCUT2D eigenvalue weighted by Crippen LogP contribution is -2.76. The van der Waals surface area contributed by atoms with Crippen molar-refractivity contribution in [2.45, 2.75) is 59.5 Å². The van der Waals surface area contributed by atoms with E-state index in [0.29, 0.717) is 0 Å². The number of nitrogens with one attached hydrogen (secondary N) is 1. The molecule has 0 saturated carbocycles. The molecule has 23 heteroatoms. The monoisotopic (exact) mass is 586 g/mol. The average Bonchev–Trinajstić information content (AvgIpc) is 3.21. The molecule has 1 heterocycles. The molecule has 1 aromatic rings. The van der Waals surface area contributed by atoms with E-state index in [0.717, 1.165) is 4.98 Å². The van der Waals surface area contributed by atoms with Crippen molar-refractivity contribution < 1.29 is 92.2 Å². The molecule has 0 amide bonds. The van der Waals surface area contributed by atoms with Crippen molar-refractivity contribution in [3.63, 3.8) is 0 Å². The molecule has 0 radical (unpaired) electrons. The number of aromatic nitrogens is 2. The van der Waals surface area contributed by atoms with Crippen molar-refractivity contribution in [1.82, 2.24) is 9.97 Å². The maximum Gasteiger partial charge on any atom is 0.460 e. The topological polar surface area (TPSA) is 28.7 Å². The number of alkyl halides is 21. The predicted molar refractivity (Wildman–Crippen MR) is 68.1 cm³/mol. The molecular formula is C13H3F21N2. The lowest BCUT2D eigenvalue weighted by molar-refractivity contribution is -0.475. The number of aromatic amines is 1. The minimum atomic E-state index is -9.18. The second kappa shape index (κ2) is 7.87. The Labute approximate surface area is 181 Å². The van der Waals surface area contributed by atoms with Crippen molar-refractivity contribution in [1.29, 1.82) is 0 Å². The van der Waals surface area contributed by atoms with Crippen LogP contribution >= 0.6 is 0 Å². The quantitative estimate of drug-likeness (QED) is 0.306. The molecule has 1 aromatic heterocycles. The number of rotatable bonds is 9. The minimum Gasteiger partial charge on any atom is -0.343 e. The molecule has 0 spiro atoms. The van der Waals surface area contributed by atoms with Crippen LogP contribution < -0.4 is 0 Å². The fraction of sp³-hybridized carbons (Fsp3) is 0.769. The summed E-state index contributed by atoms with van der Waals surface area (Å²) >= 11 is 0. The molecular weight excluding hydrogens is 583 g/mol. The Kier molecular flexibility index (Phi) is 6.94. The zero-order valence-electron chi connectivity index (χ0n) is 15.5. The van der Waals surface area contributed by atoms with Crippen LogP contribution in [0.2, 0.25) is 0 Å². The highest BCUT2D eigenvalue weighted by molar-refractivity contribution is 5.19. The lowest BCUT2D eigenvalue weighted by atomic mass is 9.86. The molecule has 0 bridgehead atoms. The van der Waals surface area contributed by atoms with Gasteiger partial charge in [-0.15, -0.1) is 0 Å². The number of hydrogen-bond acceptors (Lipinski definition) is 1. The van der Waals surface area contributed by atoms with Gasteiger partial charge in [0.2, 0.25) is 0 Å². The van der Waals surface area contributed by atoms with E-state index < -0.39 is 65.3 Å². The summed E-state index contributed by atoms with van der Waals surface area (Å²) in [6, 6.07) is 0. The predicted octanol–water partition coefficient (Wildman–Crippen LogP) is 7.15. The summed E-state index contributed by atoms with van der Waals surface area (Å²) in [6.45, 7) is 0. The first-order chi connectivity index (χ1) is 15.4. The molecule has 0 unspecified atom stereocenters. The van der Waals surface area contributed by atoms with Crippen LogP contribution in [0.3, 0.4) is 0 Å². The Bertz CT molecular complexity index is 924. The summed E-state index contributed by atoms with van der Waals surface area (Å²) in [7, 11) is 0. The van der Waals surface area contributed by atoms with Gasteiger partial charge in [-0.3, -0.25) is 0 Å². The zero-order chi connectivity index (χ0) is 29.4. The smallest absolute Gasteiger partial charge is 0.343 e. The van der Waals surface area contributed by atoms with Gasteiger partial charge in [-0.05, 0) is 0 Å². The first kappa shape index (κ1) is 31.8. The van der Waals surface area contributed by atoms with Crippen LogP contribution in [0.4, 0.5) is 92.2 Å². The van der Waals surface area contributed by atoms with E-state index in [9.17, 15) is 92.2 Å². The minimum absolute atomic E-state index is 0.0296. The molecule has 2 nitrogen and oxygen atoms in total. The Hall–Kier alpha value is -2.26. The number of H-pyrrole nitrogens is 1. The molecule has 1 N–H and O–H groups in total. The van der Waals surface area contributed by atoms with Gasteiger partial charge in [0.05, 0.1) is 0 Å². The van der Waals surface area contributed by atoms with E-state index in [1.807, 2.05) is 0 Å². The highest BCUT2D eigenvalue weighted by Crippen LogP contribution is 2.66. The Balaban J connectivity index is 3.79. The van der Waals surface area contributed by atoms with E-state index >= 15 is 0 Å². The molecule has 1 rings (SSSR count). The lowest BCUT2D eigenvalue weighted by Gasteiger charge is -2.44. The maximum atomic E-state index is 13.6. The number of nitrogens with zero attached hydrogens (tertiary/aromatic N) is 1. The fourth-order valence-electron chi connectivity index (χ4n) is 2.14. The van der Waals surface area contributed by atoms with Crippen LogP contribution in [0.1, 0.15) is 5.82 Å². The summed E-state index contributed by atoms with van der Waals surface area (Å²) < 4.78 is 277. The first-order valence-corrected chi connectivity index (χ1v) is 7.82. The van der Waals surface area contributed by atoms with Gasteiger partial charge >= 0.3 is 59.5 Å². The van der Waals surface area contributed by atoms with Crippen molar-refractivity contribution >= 4 is 0 Å². The first-order valence-electron chi connectivity index (χ1n) is 7.82. The molecule has 0 saturated heterocycles. The fourth-order valence-corrected chi connectivity index (χ4v) is 2.14. The van der Waals surface area contributed by atoms with Crippen LogP contribution in [-0.2, 0) is 5.92 Å². The van der Waals surface area contributed by atoms with Gasteiger partial charge in [0, 0.05) is 12.4 Å². The molecule has 0 aliphatic rings. The Morgan fingerprint density at radius 3 is 0.944 bits per heavy atom. The largest absolute Gasteiger partial charge is 0.460 e. The molecule has 0 fully saturated rings. The second-order valence-electron chi connectivity index (χ2n) is 6.61. The SMILES string of the molecule is FC(F)(F)C(F)(F)C(F)(F)C(F)(F)C(F)(F)C(F)(F)C(F)(F)C(F)(F)C(F)(F)C(F)(F)c1ncc[nH]1. The molecule has 0 aliphatic carbocycles. The van der Waals surface area contributed by atoms with Gasteiger partial charge in [0.15, 0.2) is 5.82 Å². The van der Waals surface area contributed by atoms with Crippen molar-refractivity contribution in [2.75, 3.05) is 0 Å². The summed E-state index contributed by atoms with van der Waals surface area (Å²) in [5.41, 5.74) is 0. The van der Waals surface area contributed by atoms with Crippen LogP contribution in [0.25, 0.3) is 0 Å². The van der Waals surface area contributed by atoms with E-state index in [2.05, 4.69) is 4.98 Å². The van der Waals surface area contributed by atoms with Gasteiger partial charge in [-0.25, -0.2) is 4.98 Å². The molecule has 212 valence electrons.